The molecule has 0 saturated carbocycles. The van der Waals surface area contributed by atoms with Gasteiger partial charge in [-0.15, -0.1) is 0 Å². The van der Waals surface area contributed by atoms with Crippen molar-refractivity contribution in [2.45, 2.75) is 0 Å². The first-order chi connectivity index (χ1) is 8.76. The zero-order valence-electron chi connectivity index (χ0n) is 9.13. The number of hydrogen-bond donors (Lipinski definition) is 0. The summed E-state index contributed by atoms with van der Waals surface area (Å²) in [5.74, 6) is -0.871. The Kier molecular flexibility index (Phi) is 5.89. The zero-order chi connectivity index (χ0) is 13.4. The lowest BCUT2D eigenvalue weighted by Crippen LogP contribution is -2.02. The number of alkyl halides is 4. The van der Waals surface area contributed by atoms with E-state index in [2.05, 4.69) is 18.9 Å². The molecule has 1 aromatic rings. The first kappa shape index (κ1) is 14.2. The van der Waals surface area contributed by atoms with Crippen molar-refractivity contribution in [3.05, 3.63) is 12.1 Å². The van der Waals surface area contributed by atoms with Crippen molar-refractivity contribution in [2.24, 2.45) is 0 Å². The summed E-state index contributed by atoms with van der Waals surface area (Å²) in [6, 6.07) is 2.02. The molecular formula is C10H10F4O4. The molecule has 0 radical (unpaired) electrons. The van der Waals surface area contributed by atoms with E-state index in [0.717, 1.165) is 12.1 Å². The molecule has 0 N–H and O–H groups in total. The predicted octanol–water partition coefficient (Wildman–Crippen LogP) is 2.91. The first-order valence-electron chi connectivity index (χ1n) is 4.69. The molecule has 0 aromatic heterocycles. The maximum atomic E-state index is 12.1. The van der Waals surface area contributed by atoms with Gasteiger partial charge in [0, 0.05) is 12.1 Å². The van der Waals surface area contributed by atoms with Gasteiger partial charge in [0.25, 0.3) is 0 Å². The summed E-state index contributed by atoms with van der Waals surface area (Å²) in [4.78, 5) is 0. The number of benzene rings is 1. The fourth-order valence-corrected chi connectivity index (χ4v) is 1.21. The third-order valence-electron chi connectivity index (χ3n) is 1.85. The van der Waals surface area contributed by atoms with Crippen molar-refractivity contribution in [1.82, 2.24) is 0 Å². The van der Waals surface area contributed by atoms with Gasteiger partial charge in [-0.05, 0) is 0 Å². The van der Waals surface area contributed by atoms with E-state index in [0.29, 0.717) is 0 Å². The van der Waals surface area contributed by atoms with Crippen LogP contribution in [0.4, 0.5) is 17.6 Å². The average molecular weight is 270 g/mol. The maximum Gasteiger partial charge on any atom is 0.228 e. The fourth-order valence-electron chi connectivity index (χ4n) is 1.21. The van der Waals surface area contributed by atoms with Crippen molar-refractivity contribution < 1.29 is 36.5 Å². The molecule has 1 rings (SSSR count). The molecule has 1 aromatic carbocycles. The summed E-state index contributed by atoms with van der Waals surface area (Å²) < 4.78 is 66.3. The van der Waals surface area contributed by atoms with E-state index < -0.39 is 27.4 Å². The second kappa shape index (κ2) is 7.46. The second-order valence-electron chi connectivity index (χ2n) is 2.76. The molecule has 0 bridgehead atoms. The Balaban J connectivity index is 3.11. The summed E-state index contributed by atoms with van der Waals surface area (Å²) in [7, 11) is 0. The number of rotatable bonds is 8. The summed E-state index contributed by atoms with van der Waals surface area (Å²) >= 11 is 0. The van der Waals surface area contributed by atoms with Crippen molar-refractivity contribution >= 4 is 0 Å². The van der Waals surface area contributed by atoms with Crippen LogP contribution in [-0.2, 0) is 0 Å². The monoisotopic (exact) mass is 270 g/mol. The Morgan fingerprint density at radius 2 is 0.778 bits per heavy atom. The topological polar surface area (TPSA) is 36.9 Å². The minimum atomic E-state index is -1.21. The third-order valence-corrected chi connectivity index (χ3v) is 1.85. The van der Waals surface area contributed by atoms with Gasteiger partial charge in [-0.25, -0.2) is 17.6 Å². The summed E-state index contributed by atoms with van der Waals surface area (Å²) in [5.41, 5.74) is 0. The van der Waals surface area contributed by atoms with Crippen LogP contribution < -0.4 is 18.9 Å². The highest BCUT2D eigenvalue weighted by Gasteiger charge is 2.15. The van der Waals surface area contributed by atoms with Gasteiger partial charge in [-0.3, -0.25) is 0 Å². The Bertz CT molecular complexity index is 309. The number of hydrogen-bond acceptors (Lipinski definition) is 4. The van der Waals surface area contributed by atoms with Crippen molar-refractivity contribution in [3.63, 3.8) is 0 Å². The second-order valence-corrected chi connectivity index (χ2v) is 2.76. The van der Waals surface area contributed by atoms with Crippen LogP contribution in [0.3, 0.4) is 0 Å². The molecule has 0 aliphatic heterocycles. The quantitative estimate of drug-likeness (QED) is 0.681. The smallest absolute Gasteiger partial charge is 0.228 e. The Labute approximate surface area is 100 Å². The van der Waals surface area contributed by atoms with Crippen LogP contribution in [0.25, 0.3) is 0 Å². The van der Waals surface area contributed by atoms with Crippen LogP contribution in [0.2, 0.25) is 0 Å². The molecule has 0 spiro atoms. The van der Waals surface area contributed by atoms with Crippen LogP contribution in [0.15, 0.2) is 12.1 Å². The lowest BCUT2D eigenvalue weighted by atomic mass is 10.2. The van der Waals surface area contributed by atoms with E-state index in [1.807, 2.05) is 0 Å². The highest BCUT2D eigenvalue weighted by Crippen LogP contribution is 2.40. The molecule has 0 aliphatic carbocycles. The fraction of sp³-hybridized carbons (Fsp3) is 0.400. The van der Waals surface area contributed by atoms with Gasteiger partial charge in [0.2, 0.25) is 27.4 Å². The molecule has 0 heterocycles. The highest BCUT2D eigenvalue weighted by atomic mass is 19.1. The predicted molar refractivity (Wildman–Crippen MR) is 52.9 cm³/mol. The zero-order valence-corrected chi connectivity index (χ0v) is 9.13. The van der Waals surface area contributed by atoms with E-state index in [1.54, 1.807) is 0 Å². The summed E-state index contributed by atoms with van der Waals surface area (Å²) in [6.07, 6.45) is 0. The molecule has 0 fully saturated rings. The summed E-state index contributed by atoms with van der Waals surface area (Å²) in [5, 5.41) is 0. The molecular weight excluding hydrogens is 260 g/mol. The van der Waals surface area contributed by atoms with E-state index in [1.165, 1.54) is 0 Å². The largest absolute Gasteiger partial charge is 0.459 e. The lowest BCUT2D eigenvalue weighted by Gasteiger charge is -2.14. The molecule has 8 heteroatoms. The van der Waals surface area contributed by atoms with Crippen molar-refractivity contribution in [3.8, 4) is 23.0 Å². The Morgan fingerprint density at radius 1 is 0.556 bits per heavy atom. The van der Waals surface area contributed by atoms with Crippen LogP contribution in [0.5, 0.6) is 23.0 Å². The van der Waals surface area contributed by atoms with Gasteiger partial charge in [-0.2, -0.15) is 0 Å². The SMILES string of the molecule is FCOc1cc(OCF)c(OCF)cc1OCF. The van der Waals surface area contributed by atoms with E-state index in [-0.39, 0.29) is 23.0 Å². The molecule has 18 heavy (non-hydrogen) atoms. The molecule has 102 valence electrons. The minimum Gasteiger partial charge on any atom is -0.459 e. The number of ether oxygens (including phenoxy) is 4. The van der Waals surface area contributed by atoms with E-state index in [9.17, 15) is 17.6 Å². The third kappa shape index (κ3) is 3.57. The van der Waals surface area contributed by atoms with Crippen molar-refractivity contribution in [2.75, 3.05) is 27.4 Å². The van der Waals surface area contributed by atoms with Crippen LogP contribution in [0.1, 0.15) is 0 Å². The van der Waals surface area contributed by atoms with E-state index in [4.69, 9.17) is 0 Å². The standard InChI is InChI=1S/C10H10F4O4/c11-3-15-7-1-8(16-4-12)10(18-6-14)2-9(7)17-5-13/h1-2H,3-6H2. The molecule has 0 unspecified atom stereocenters. The highest BCUT2D eigenvalue weighted by molar-refractivity contribution is 5.54. The Hall–Kier alpha value is -1.86. The van der Waals surface area contributed by atoms with Gasteiger partial charge < -0.3 is 18.9 Å². The molecule has 0 atom stereocenters. The van der Waals surface area contributed by atoms with Crippen molar-refractivity contribution in [1.29, 1.82) is 0 Å². The Morgan fingerprint density at radius 3 is 0.944 bits per heavy atom. The van der Waals surface area contributed by atoms with E-state index >= 15 is 0 Å². The van der Waals surface area contributed by atoms with Crippen LogP contribution >= 0.6 is 0 Å². The van der Waals surface area contributed by atoms with Crippen LogP contribution in [-0.4, -0.2) is 27.4 Å². The van der Waals surface area contributed by atoms with Gasteiger partial charge >= 0.3 is 0 Å². The van der Waals surface area contributed by atoms with Crippen LogP contribution in [0, 0.1) is 0 Å². The van der Waals surface area contributed by atoms with Gasteiger partial charge in [0.05, 0.1) is 0 Å². The normalized spacial score (nSPS) is 10.0. The molecule has 0 saturated heterocycles. The molecule has 0 aliphatic rings. The summed E-state index contributed by atoms with van der Waals surface area (Å²) in [6.45, 7) is -4.83. The first-order valence-corrected chi connectivity index (χ1v) is 4.69. The average Bonchev–Trinajstić information content (AvgIpc) is 2.35. The van der Waals surface area contributed by atoms with Gasteiger partial charge in [0.1, 0.15) is 0 Å². The van der Waals surface area contributed by atoms with Gasteiger partial charge in [-0.1, -0.05) is 0 Å². The maximum absolute atomic E-state index is 12.1. The minimum absolute atomic E-state index is 0.218. The number of halogens is 4. The van der Waals surface area contributed by atoms with Gasteiger partial charge in [0.15, 0.2) is 23.0 Å². The molecule has 4 nitrogen and oxygen atoms in total. The molecule has 0 amide bonds. The lowest BCUT2D eigenvalue weighted by molar-refractivity contribution is 0.144.